The van der Waals surface area contributed by atoms with E-state index in [1.54, 1.807) is 12.3 Å². The van der Waals surface area contributed by atoms with Gasteiger partial charge in [0.15, 0.2) is 0 Å². The highest BCUT2D eigenvalue weighted by Crippen LogP contribution is 2.12. The molecule has 1 rings (SSSR count). The van der Waals surface area contributed by atoms with Gasteiger partial charge in [-0.15, -0.1) is 0 Å². The quantitative estimate of drug-likeness (QED) is 0.820. The number of urea groups is 1. The van der Waals surface area contributed by atoms with Gasteiger partial charge in [0.1, 0.15) is 5.82 Å². The van der Waals surface area contributed by atoms with Crippen LogP contribution in [0.3, 0.4) is 0 Å². The molecule has 2 amide bonds. The zero-order chi connectivity index (χ0) is 13.5. The van der Waals surface area contributed by atoms with Crippen LogP contribution < -0.4 is 10.2 Å². The lowest BCUT2D eigenvalue weighted by molar-refractivity contribution is 0.192. The Labute approximate surface area is 107 Å². The van der Waals surface area contributed by atoms with Crippen molar-refractivity contribution in [2.75, 3.05) is 44.0 Å². The number of rotatable bonds is 5. The number of likely N-dealkylation sites (N-methyl/N-ethyl adjacent to an activating group) is 1. The van der Waals surface area contributed by atoms with E-state index in [0.717, 1.165) is 5.82 Å². The second kappa shape index (κ2) is 6.80. The summed E-state index contributed by atoms with van der Waals surface area (Å²) < 4.78 is 0. The van der Waals surface area contributed by atoms with E-state index in [0.29, 0.717) is 18.8 Å². The summed E-state index contributed by atoms with van der Waals surface area (Å²) in [6.07, 6.45) is 1.61. The largest absolute Gasteiger partial charge is 0.395 e. The van der Waals surface area contributed by atoms with E-state index in [2.05, 4.69) is 10.3 Å². The Morgan fingerprint density at radius 1 is 1.44 bits per heavy atom. The zero-order valence-electron chi connectivity index (χ0n) is 11.1. The van der Waals surface area contributed by atoms with Gasteiger partial charge in [0.05, 0.1) is 18.5 Å². The van der Waals surface area contributed by atoms with Crippen LogP contribution in [0, 0.1) is 0 Å². The number of amides is 2. The highest BCUT2D eigenvalue weighted by Gasteiger charge is 2.10. The lowest BCUT2D eigenvalue weighted by atomic mass is 10.4. The van der Waals surface area contributed by atoms with Gasteiger partial charge in [0, 0.05) is 27.2 Å². The minimum Gasteiger partial charge on any atom is -0.395 e. The molecular formula is C12H20N4O2. The summed E-state index contributed by atoms with van der Waals surface area (Å²) in [6, 6.07) is 3.40. The van der Waals surface area contributed by atoms with Gasteiger partial charge in [0.2, 0.25) is 0 Å². The summed E-state index contributed by atoms with van der Waals surface area (Å²) in [5.41, 5.74) is 0.641. The monoisotopic (exact) mass is 252 g/mol. The van der Waals surface area contributed by atoms with Crippen molar-refractivity contribution < 1.29 is 9.90 Å². The van der Waals surface area contributed by atoms with Crippen LogP contribution in [-0.2, 0) is 0 Å². The maximum atomic E-state index is 11.8. The van der Waals surface area contributed by atoms with E-state index in [1.165, 1.54) is 4.90 Å². The number of aliphatic hydroxyl groups is 1. The third-order valence-corrected chi connectivity index (χ3v) is 2.50. The van der Waals surface area contributed by atoms with Crippen LogP contribution in [0.25, 0.3) is 0 Å². The topological polar surface area (TPSA) is 68.7 Å². The summed E-state index contributed by atoms with van der Waals surface area (Å²) in [6.45, 7) is 2.70. The minimum atomic E-state index is -0.231. The number of anilines is 2. The smallest absolute Gasteiger partial charge is 0.321 e. The van der Waals surface area contributed by atoms with Crippen molar-refractivity contribution in [1.29, 1.82) is 0 Å². The highest BCUT2D eigenvalue weighted by atomic mass is 16.3. The fourth-order valence-electron chi connectivity index (χ4n) is 1.45. The van der Waals surface area contributed by atoms with Gasteiger partial charge in [-0.3, -0.25) is 0 Å². The third kappa shape index (κ3) is 3.89. The molecule has 0 bridgehead atoms. The molecule has 0 aliphatic carbocycles. The van der Waals surface area contributed by atoms with Crippen molar-refractivity contribution in [3.63, 3.8) is 0 Å². The van der Waals surface area contributed by atoms with E-state index in [4.69, 9.17) is 5.11 Å². The van der Waals surface area contributed by atoms with Crippen LogP contribution in [0.5, 0.6) is 0 Å². The average molecular weight is 252 g/mol. The fourth-order valence-corrected chi connectivity index (χ4v) is 1.45. The SMILES string of the molecule is CCN(CCO)C(=O)Nc1ccc(N(C)C)nc1. The molecule has 2 N–H and O–H groups in total. The van der Waals surface area contributed by atoms with Crippen molar-refractivity contribution in [2.24, 2.45) is 0 Å². The lowest BCUT2D eigenvalue weighted by Crippen LogP contribution is -2.36. The molecule has 0 aromatic carbocycles. The summed E-state index contributed by atoms with van der Waals surface area (Å²) in [7, 11) is 3.81. The number of aromatic nitrogens is 1. The zero-order valence-corrected chi connectivity index (χ0v) is 11.1. The van der Waals surface area contributed by atoms with Crippen molar-refractivity contribution >= 4 is 17.5 Å². The lowest BCUT2D eigenvalue weighted by Gasteiger charge is -2.20. The Kier molecular flexibility index (Phi) is 5.38. The molecule has 18 heavy (non-hydrogen) atoms. The van der Waals surface area contributed by atoms with Gasteiger partial charge in [-0.1, -0.05) is 0 Å². The molecule has 0 radical (unpaired) electrons. The van der Waals surface area contributed by atoms with Crippen molar-refractivity contribution in [2.45, 2.75) is 6.92 Å². The van der Waals surface area contributed by atoms with Gasteiger partial charge < -0.3 is 20.2 Å². The molecule has 6 heteroatoms. The Balaban J connectivity index is 2.63. The maximum Gasteiger partial charge on any atom is 0.321 e. The molecule has 1 heterocycles. The molecule has 0 spiro atoms. The molecule has 6 nitrogen and oxygen atoms in total. The van der Waals surface area contributed by atoms with Gasteiger partial charge in [-0.05, 0) is 19.1 Å². The number of nitrogens with zero attached hydrogens (tertiary/aromatic N) is 3. The van der Waals surface area contributed by atoms with Crippen molar-refractivity contribution in [1.82, 2.24) is 9.88 Å². The molecule has 0 aliphatic rings. The third-order valence-electron chi connectivity index (χ3n) is 2.50. The number of carbonyl (C=O) groups is 1. The molecule has 100 valence electrons. The number of hydrogen-bond donors (Lipinski definition) is 2. The van der Waals surface area contributed by atoms with Crippen LogP contribution in [-0.4, -0.2) is 54.8 Å². The first-order valence-corrected chi connectivity index (χ1v) is 5.88. The number of pyridine rings is 1. The average Bonchev–Trinajstić information content (AvgIpc) is 2.36. The second-order valence-electron chi connectivity index (χ2n) is 4.03. The second-order valence-corrected chi connectivity index (χ2v) is 4.03. The van der Waals surface area contributed by atoms with Crippen LogP contribution in [0.15, 0.2) is 18.3 Å². The van der Waals surface area contributed by atoms with E-state index in [-0.39, 0.29) is 12.6 Å². The molecule has 1 aromatic rings. The Hall–Kier alpha value is -1.82. The molecule has 0 saturated carbocycles. The summed E-state index contributed by atoms with van der Waals surface area (Å²) in [4.78, 5) is 19.4. The number of carbonyl (C=O) groups excluding carboxylic acids is 1. The molecular weight excluding hydrogens is 232 g/mol. The Morgan fingerprint density at radius 3 is 2.61 bits per heavy atom. The Morgan fingerprint density at radius 2 is 2.17 bits per heavy atom. The molecule has 0 aliphatic heterocycles. The molecule has 0 saturated heterocycles. The fraction of sp³-hybridized carbons (Fsp3) is 0.500. The highest BCUT2D eigenvalue weighted by molar-refractivity contribution is 5.89. The van der Waals surface area contributed by atoms with E-state index >= 15 is 0 Å². The van der Waals surface area contributed by atoms with Crippen molar-refractivity contribution in [3.8, 4) is 0 Å². The molecule has 1 aromatic heterocycles. The van der Waals surface area contributed by atoms with Gasteiger partial charge in [-0.2, -0.15) is 0 Å². The Bertz CT molecular complexity index is 378. The van der Waals surface area contributed by atoms with E-state index < -0.39 is 0 Å². The number of hydrogen-bond acceptors (Lipinski definition) is 4. The summed E-state index contributed by atoms with van der Waals surface area (Å²) >= 11 is 0. The predicted molar refractivity (Wildman–Crippen MR) is 71.9 cm³/mol. The van der Waals surface area contributed by atoms with Gasteiger partial charge in [0.25, 0.3) is 0 Å². The normalized spacial score (nSPS) is 10.0. The first-order valence-electron chi connectivity index (χ1n) is 5.88. The van der Waals surface area contributed by atoms with Crippen molar-refractivity contribution in [3.05, 3.63) is 18.3 Å². The molecule has 0 atom stereocenters. The number of nitrogens with one attached hydrogen (secondary N) is 1. The summed E-state index contributed by atoms with van der Waals surface area (Å²) in [5.74, 6) is 0.829. The first kappa shape index (κ1) is 14.2. The minimum absolute atomic E-state index is 0.0426. The van der Waals surface area contributed by atoms with Gasteiger partial charge in [-0.25, -0.2) is 9.78 Å². The standard InChI is InChI=1S/C12H20N4O2/c1-4-16(7-8-17)12(18)14-10-5-6-11(13-9-10)15(2)3/h5-6,9,17H,4,7-8H2,1-3H3,(H,14,18). The first-order chi connectivity index (χ1) is 8.58. The number of aliphatic hydroxyl groups excluding tert-OH is 1. The van der Waals surface area contributed by atoms with E-state index in [1.807, 2.05) is 32.0 Å². The molecule has 0 unspecified atom stereocenters. The predicted octanol–water partition coefficient (Wildman–Crippen LogP) is 0.994. The van der Waals surface area contributed by atoms with Gasteiger partial charge >= 0.3 is 6.03 Å². The van der Waals surface area contributed by atoms with Crippen LogP contribution in [0.2, 0.25) is 0 Å². The van der Waals surface area contributed by atoms with Crippen LogP contribution in [0.4, 0.5) is 16.3 Å². The van der Waals surface area contributed by atoms with E-state index in [9.17, 15) is 4.79 Å². The molecule has 0 fully saturated rings. The summed E-state index contributed by atoms with van der Waals surface area (Å²) in [5, 5.41) is 11.6. The maximum absolute atomic E-state index is 11.8. The van der Waals surface area contributed by atoms with Crippen LogP contribution in [0.1, 0.15) is 6.92 Å². The van der Waals surface area contributed by atoms with Crippen LogP contribution >= 0.6 is 0 Å².